The maximum Gasteiger partial charge on any atom is 0.188 e. The van der Waals surface area contributed by atoms with Crippen LogP contribution in [0.5, 0.6) is 23.0 Å². The van der Waals surface area contributed by atoms with Crippen LogP contribution < -0.4 is 18.9 Å². The molecular weight excluding hydrogens is 348 g/mol. The summed E-state index contributed by atoms with van der Waals surface area (Å²) in [6, 6.07) is 1.73. The largest absolute Gasteiger partial charge is 0.493 e. The second-order valence-corrected chi connectivity index (χ2v) is 5.83. The Bertz CT molecular complexity index is 603. The number of methoxy groups -OCH3 is 4. The van der Waals surface area contributed by atoms with Gasteiger partial charge in [-0.2, -0.15) is 0 Å². The van der Waals surface area contributed by atoms with Crippen molar-refractivity contribution in [1.29, 1.82) is 0 Å². The Kier molecular flexibility index (Phi) is 11.9. The minimum Gasteiger partial charge on any atom is -0.493 e. The zero-order valence-corrected chi connectivity index (χ0v) is 17.2. The summed E-state index contributed by atoms with van der Waals surface area (Å²) in [7, 11) is 6.34. The van der Waals surface area contributed by atoms with E-state index in [2.05, 4.69) is 18.8 Å². The van der Waals surface area contributed by atoms with Crippen LogP contribution in [0.3, 0.4) is 0 Å². The first-order chi connectivity index (χ1) is 13.2. The Morgan fingerprint density at radius 2 is 1.44 bits per heavy atom. The molecule has 0 amide bonds. The second-order valence-electron chi connectivity index (χ2n) is 5.83. The van der Waals surface area contributed by atoms with Crippen LogP contribution in [-0.4, -0.2) is 42.0 Å². The first-order valence-corrected chi connectivity index (χ1v) is 9.20. The smallest absolute Gasteiger partial charge is 0.188 e. The van der Waals surface area contributed by atoms with Gasteiger partial charge >= 0.3 is 0 Å². The lowest BCUT2D eigenvalue weighted by Gasteiger charge is -2.20. The van der Waals surface area contributed by atoms with Gasteiger partial charge in [0.15, 0.2) is 36.6 Å². The lowest BCUT2D eigenvalue weighted by molar-refractivity contribution is 0.0444. The molecule has 1 aromatic carbocycles. The van der Waals surface area contributed by atoms with Gasteiger partial charge in [-0.15, -0.1) is 11.8 Å². The van der Waals surface area contributed by atoms with Crippen molar-refractivity contribution in [1.82, 2.24) is 0 Å². The van der Waals surface area contributed by atoms with E-state index in [0.717, 1.165) is 31.2 Å². The monoisotopic (exact) mass is 380 g/mol. The van der Waals surface area contributed by atoms with Crippen LogP contribution in [0.4, 0.5) is 0 Å². The predicted octanol–water partition coefficient (Wildman–Crippen LogP) is 4.19. The van der Waals surface area contributed by atoms with Gasteiger partial charge in [0.1, 0.15) is 0 Å². The number of hydrogen-bond acceptors (Lipinski definition) is 6. The standard InChI is InChI=1S/C21H32O6/c1-6-7-8-9-10-11-12-13-17-20(25-5)19(26-15-22-2)14-18(24-4)21(17)27-16-23-3/h14H,6-8,11-13,15-16H2,1-5H3. The number of ether oxygens (including phenoxy) is 6. The summed E-state index contributed by atoms with van der Waals surface area (Å²) in [5.74, 6) is 8.75. The Hall–Kier alpha value is -2.10. The van der Waals surface area contributed by atoms with Crippen LogP contribution in [0.2, 0.25) is 0 Å². The highest BCUT2D eigenvalue weighted by atomic mass is 16.7. The molecule has 0 aliphatic carbocycles. The fourth-order valence-electron chi connectivity index (χ4n) is 2.55. The van der Waals surface area contributed by atoms with E-state index in [1.54, 1.807) is 34.5 Å². The maximum atomic E-state index is 5.77. The van der Waals surface area contributed by atoms with Gasteiger partial charge < -0.3 is 28.4 Å². The summed E-state index contributed by atoms with van der Waals surface area (Å²) in [6.45, 7) is 2.39. The van der Waals surface area contributed by atoms with Gasteiger partial charge in [-0.3, -0.25) is 0 Å². The molecule has 6 heteroatoms. The molecule has 0 unspecified atom stereocenters. The number of unbranched alkanes of at least 4 members (excludes halogenated alkanes) is 3. The Morgan fingerprint density at radius 1 is 0.778 bits per heavy atom. The molecule has 0 saturated carbocycles. The Labute approximate surface area is 163 Å². The van der Waals surface area contributed by atoms with Crippen molar-refractivity contribution in [2.75, 3.05) is 42.0 Å². The highest BCUT2D eigenvalue weighted by Crippen LogP contribution is 2.45. The normalized spacial score (nSPS) is 10.1. The van der Waals surface area contributed by atoms with Crippen molar-refractivity contribution in [3.05, 3.63) is 11.6 Å². The topological polar surface area (TPSA) is 55.4 Å². The zero-order valence-electron chi connectivity index (χ0n) is 17.2. The van der Waals surface area contributed by atoms with Gasteiger partial charge in [0, 0.05) is 38.7 Å². The van der Waals surface area contributed by atoms with E-state index in [1.807, 2.05) is 0 Å². The van der Waals surface area contributed by atoms with E-state index in [-0.39, 0.29) is 13.6 Å². The summed E-state index contributed by atoms with van der Waals surface area (Å²) < 4.78 is 32.6. The van der Waals surface area contributed by atoms with Gasteiger partial charge in [-0.1, -0.05) is 13.3 Å². The molecule has 1 rings (SSSR count). The van der Waals surface area contributed by atoms with E-state index >= 15 is 0 Å². The van der Waals surface area contributed by atoms with Gasteiger partial charge in [-0.05, 0) is 19.3 Å². The summed E-state index contributed by atoms with van der Waals surface area (Å²) in [4.78, 5) is 0. The fourth-order valence-corrected chi connectivity index (χ4v) is 2.55. The third-order valence-corrected chi connectivity index (χ3v) is 3.84. The molecule has 27 heavy (non-hydrogen) atoms. The van der Waals surface area contributed by atoms with E-state index in [1.165, 1.54) is 6.42 Å². The molecular formula is C21H32O6. The third kappa shape index (κ3) is 7.58. The van der Waals surface area contributed by atoms with Crippen LogP contribution in [0.25, 0.3) is 0 Å². The summed E-state index contributed by atoms with van der Waals surface area (Å²) in [5.41, 5.74) is 0.871. The highest BCUT2D eigenvalue weighted by Gasteiger charge is 2.22. The van der Waals surface area contributed by atoms with Crippen molar-refractivity contribution in [3.8, 4) is 34.8 Å². The van der Waals surface area contributed by atoms with E-state index < -0.39 is 0 Å². The van der Waals surface area contributed by atoms with Crippen molar-refractivity contribution >= 4 is 0 Å². The minimum absolute atomic E-state index is 0.111. The number of hydrogen-bond donors (Lipinski definition) is 0. The van der Waals surface area contributed by atoms with Crippen molar-refractivity contribution < 1.29 is 28.4 Å². The molecule has 0 aliphatic rings. The summed E-state index contributed by atoms with van der Waals surface area (Å²) in [5, 5.41) is 0. The van der Waals surface area contributed by atoms with Gasteiger partial charge in [0.2, 0.25) is 0 Å². The molecule has 0 aromatic heterocycles. The molecule has 0 atom stereocenters. The zero-order chi connectivity index (χ0) is 19.9. The first-order valence-electron chi connectivity index (χ1n) is 9.20. The maximum absolute atomic E-state index is 5.77. The van der Waals surface area contributed by atoms with Crippen LogP contribution in [-0.2, 0) is 15.9 Å². The Balaban J connectivity index is 3.06. The van der Waals surface area contributed by atoms with Crippen molar-refractivity contribution in [3.63, 3.8) is 0 Å². The van der Waals surface area contributed by atoms with E-state index in [4.69, 9.17) is 28.4 Å². The molecule has 0 spiro atoms. The molecule has 0 aliphatic heterocycles. The molecule has 0 N–H and O–H groups in total. The fraction of sp³-hybridized carbons (Fsp3) is 0.619. The lowest BCUT2D eigenvalue weighted by atomic mass is 10.0. The van der Waals surface area contributed by atoms with Crippen LogP contribution in [0, 0.1) is 11.8 Å². The van der Waals surface area contributed by atoms with Gasteiger partial charge in [0.05, 0.1) is 14.2 Å². The molecule has 152 valence electrons. The van der Waals surface area contributed by atoms with Crippen molar-refractivity contribution in [2.24, 2.45) is 0 Å². The molecule has 0 saturated heterocycles. The van der Waals surface area contributed by atoms with Crippen LogP contribution >= 0.6 is 0 Å². The van der Waals surface area contributed by atoms with Crippen LogP contribution in [0.15, 0.2) is 6.07 Å². The van der Waals surface area contributed by atoms with Crippen LogP contribution in [0.1, 0.15) is 44.6 Å². The number of rotatable bonds is 13. The first kappa shape index (κ1) is 22.9. The third-order valence-electron chi connectivity index (χ3n) is 3.84. The minimum atomic E-state index is 0.111. The Morgan fingerprint density at radius 3 is 2.04 bits per heavy atom. The lowest BCUT2D eigenvalue weighted by Crippen LogP contribution is -2.08. The highest BCUT2D eigenvalue weighted by molar-refractivity contribution is 5.61. The molecule has 0 fully saturated rings. The van der Waals surface area contributed by atoms with Gasteiger partial charge in [-0.25, -0.2) is 0 Å². The molecule has 0 bridgehead atoms. The van der Waals surface area contributed by atoms with E-state index in [9.17, 15) is 0 Å². The predicted molar refractivity (Wildman–Crippen MR) is 105 cm³/mol. The molecule has 1 aromatic rings. The summed E-state index contributed by atoms with van der Waals surface area (Å²) >= 11 is 0. The molecule has 6 nitrogen and oxygen atoms in total. The molecule has 0 radical (unpaired) electrons. The average Bonchev–Trinajstić information content (AvgIpc) is 2.69. The van der Waals surface area contributed by atoms with Gasteiger partial charge in [0.25, 0.3) is 0 Å². The SMILES string of the molecule is CCCCC#CCCCc1c(OC)c(OCOC)cc(OC)c1OCOC. The van der Waals surface area contributed by atoms with Crippen molar-refractivity contribution in [2.45, 2.75) is 45.4 Å². The average molecular weight is 380 g/mol. The van der Waals surface area contributed by atoms with E-state index in [0.29, 0.717) is 29.4 Å². The quantitative estimate of drug-likeness (QED) is 0.291. The second kappa shape index (κ2) is 14.0. The molecule has 0 heterocycles. The summed E-state index contributed by atoms with van der Waals surface area (Å²) in [6.07, 6.45) is 5.66. The number of benzene rings is 1.